The first-order chi connectivity index (χ1) is 41.1. The van der Waals surface area contributed by atoms with Crippen LogP contribution in [0.15, 0.2) is 17.5 Å². The molecule has 2 rings (SSSR count). The highest BCUT2D eigenvalue weighted by molar-refractivity contribution is 5.98. The summed E-state index contributed by atoms with van der Waals surface area (Å²) in [6, 6.07) is -10.4. The van der Waals surface area contributed by atoms with Gasteiger partial charge in [-0.05, 0) is 149 Å². The number of nitrogens with two attached hydrogens (primary N) is 7. The molecule has 0 unspecified atom stereocenters. The van der Waals surface area contributed by atoms with E-state index >= 15 is 0 Å². The summed E-state index contributed by atoms with van der Waals surface area (Å²) in [4.78, 5) is 150. The quantitative estimate of drug-likeness (QED) is 0.0164. The first kappa shape index (κ1) is 75.0. The van der Waals surface area contributed by atoms with E-state index in [1.807, 2.05) is 0 Å². The number of aliphatic hydroxyl groups excluding tert-OH is 2. The number of nitrogens with zero attached hydrogens (tertiary/aromatic N) is 3. The largest absolute Gasteiger partial charge is 0.391 e. The van der Waals surface area contributed by atoms with E-state index in [4.69, 9.17) is 40.1 Å². The zero-order valence-corrected chi connectivity index (χ0v) is 50.1. The molecule has 32 nitrogen and oxygen atoms in total. The number of aliphatic imine (C=N–C) groups is 1. The number of imidazole rings is 1. The van der Waals surface area contributed by atoms with E-state index in [-0.39, 0.29) is 89.9 Å². The molecule has 86 heavy (non-hydrogen) atoms. The summed E-state index contributed by atoms with van der Waals surface area (Å²) in [6.07, 6.45) is 6.23. The van der Waals surface area contributed by atoms with Crippen molar-refractivity contribution in [3.63, 3.8) is 0 Å². The third-order valence-corrected chi connectivity index (χ3v) is 14.1. The topological polar surface area (TPSA) is 546 Å². The van der Waals surface area contributed by atoms with E-state index in [1.165, 1.54) is 31.3 Å². The Hall–Kier alpha value is -7.10. The van der Waals surface area contributed by atoms with Crippen LogP contribution in [0.4, 0.5) is 0 Å². The lowest BCUT2D eigenvalue weighted by molar-refractivity contribution is -0.142. The SMILES string of the molecule is C[C@@H](O)[C@H](NC(=O)CCCCCN)C(=O)N[C@H](C(=O)NCC(=O)N[C@H](CCCN)C(=O)N1CCC[C@H]1C(=O)N[C@@H](Cc1cnc[nH]1)C(=O)N[C@@H](CCCCN)C(=O)N[C@@H](CCCN=C(N)N)C(=O)N[C@@H](CCCCN)C(=O)NCCCCN)[C@@H](C)O. The lowest BCUT2D eigenvalue weighted by Crippen LogP contribution is -2.60. The van der Waals surface area contributed by atoms with E-state index < -0.39 is 126 Å². The summed E-state index contributed by atoms with van der Waals surface area (Å²) in [6.45, 7) is 3.88. The molecule has 1 saturated heterocycles. The molecule has 0 spiro atoms. The number of aliphatic hydroxyl groups is 2. The summed E-state index contributed by atoms with van der Waals surface area (Å²) in [5.41, 5.74) is 40.0. The van der Waals surface area contributed by atoms with Crippen LogP contribution in [0.25, 0.3) is 0 Å². The number of unbranched alkanes of at least 4 members (excludes halogenated alkanes) is 5. The normalized spacial score (nSPS) is 16.1. The number of carbonyl (C=O) groups excluding carboxylic acids is 10. The molecule has 1 aromatic heterocycles. The fourth-order valence-electron chi connectivity index (χ4n) is 9.32. The summed E-state index contributed by atoms with van der Waals surface area (Å²) in [5.74, 6) is -7.60. The van der Waals surface area contributed by atoms with Gasteiger partial charge in [-0.1, -0.05) is 6.42 Å². The summed E-state index contributed by atoms with van der Waals surface area (Å²) in [5, 5.41) is 44.4. The van der Waals surface area contributed by atoms with Crippen molar-refractivity contribution in [2.45, 2.75) is 196 Å². The predicted octanol–water partition coefficient (Wildman–Crippen LogP) is -6.36. The van der Waals surface area contributed by atoms with Gasteiger partial charge in [0.05, 0.1) is 25.1 Å². The molecule has 10 atom stereocenters. The minimum Gasteiger partial charge on any atom is -0.391 e. The molecule has 26 N–H and O–H groups in total. The third-order valence-electron chi connectivity index (χ3n) is 14.1. The van der Waals surface area contributed by atoms with E-state index in [1.54, 1.807) is 0 Å². The highest BCUT2D eigenvalue weighted by Gasteiger charge is 2.40. The number of likely N-dealkylation sites (tertiary alicyclic amines) is 1. The molecule has 0 aromatic carbocycles. The van der Waals surface area contributed by atoms with Gasteiger partial charge in [-0.3, -0.25) is 52.9 Å². The highest BCUT2D eigenvalue weighted by Crippen LogP contribution is 2.21. The van der Waals surface area contributed by atoms with E-state index in [0.717, 1.165) is 0 Å². The molecule has 0 bridgehead atoms. The molecular weight excluding hydrogens is 1120 g/mol. The highest BCUT2D eigenvalue weighted by atomic mass is 16.3. The summed E-state index contributed by atoms with van der Waals surface area (Å²) in [7, 11) is 0. The smallest absolute Gasteiger partial charge is 0.245 e. The molecule has 1 fully saturated rings. The Bertz CT molecular complexity index is 2270. The fraction of sp³-hybridized carbons (Fsp3) is 0.741. The van der Waals surface area contributed by atoms with Crippen molar-refractivity contribution >= 4 is 65.0 Å². The molecule has 2 heterocycles. The number of H-pyrrole nitrogens is 1. The fourth-order valence-corrected chi connectivity index (χ4v) is 9.32. The molecule has 1 aromatic rings. The van der Waals surface area contributed by atoms with Crippen LogP contribution >= 0.6 is 0 Å². The Morgan fingerprint density at radius 2 is 1.12 bits per heavy atom. The standard InChI is InChI=1S/C54H100N20O12/c1-33(75)44(73-52(85)45(34(2)76)72-42(77)20-4-3-7-21-55)51(84)65-31-43(78)67-39(17-12-25-59)53(86)74-28-14-19-41(74)50(83)71-40(29-35-30-62-32-66-35)49(82)70-37(16-6-9-23-57)47(80)69-38(18-13-27-64-54(60)61)48(81)68-36(15-5-8-22-56)46(79)63-26-11-10-24-58/h30,32-34,36-41,44-45,75-76H,3-29,31,55-59H2,1-2H3,(H,62,66)(H,63,79)(H,65,84)(H,67,78)(H,68,81)(H,69,80)(H,70,82)(H,71,83)(H,72,77)(H,73,85)(H4,60,61,64)/t33-,34-,36+,37+,38+,39-,40+,41+,44+,45+/m1/s1. The van der Waals surface area contributed by atoms with E-state index in [9.17, 15) is 58.2 Å². The summed E-state index contributed by atoms with van der Waals surface area (Å²) < 4.78 is 0. The zero-order valence-electron chi connectivity index (χ0n) is 50.1. The number of carbonyl (C=O) groups is 10. The maximum Gasteiger partial charge on any atom is 0.245 e. The molecule has 488 valence electrons. The van der Waals surface area contributed by atoms with Crippen molar-refractivity contribution in [2.24, 2.45) is 45.1 Å². The van der Waals surface area contributed by atoms with Gasteiger partial charge in [0.15, 0.2) is 5.96 Å². The number of amides is 10. The first-order valence-electron chi connectivity index (χ1n) is 30.0. The second-order valence-corrected chi connectivity index (χ2v) is 21.4. The molecule has 32 heteroatoms. The van der Waals surface area contributed by atoms with Crippen molar-refractivity contribution < 1.29 is 58.2 Å². The van der Waals surface area contributed by atoms with Gasteiger partial charge < -0.3 is 108 Å². The second-order valence-electron chi connectivity index (χ2n) is 21.4. The van der Waals surface area contributed by atoms with Crippen molar-refractivity contribution in [1.29, 1.82) is 0 Å². The van der Waals surface area contributed by atoms with Crippen LogP contribution in [0.1, 0.15) is 135 Å². The Morgan fingerprint density at radius 3 is 1.67 bits per heavy atom. The van der Waals surface area contributed by atoms with Crippen LogP contribution in [-0.4, -0.2) is 210 Å². The average Bonchev–Trinajstić information content (AvgIpc) is 3.72. The van der Waals surface area contributed by atoms with E-state index in [0.29, 0.717) is 96.1 Å². The number of guanidine groups is 1. The molecule has 1 aliphatic heterocycles. The lowest BCUT2D eigenvalue weighted by atomic mass is 10.0. The Morgan fingerprint density at radius 1 is 0.581 bits per heavy atom. The molecule has 1 aliphatic rings. The third kappa shape index (κ3) is 28.9. The second kappa shape index (κ2) is 42.7. The van der Waals surface area contributed by atoms with Crippen molar-refractivity contribution in [2.75, 3.05) is 58.9 Å². The predicted molar refractivity (Wildman–Crippen MR) is 320 cm³/mol. The van der Waals surface area contributed by atoms with Gasteiger partial charge in [0, 0.05) is 44.4 Å². The number of rotatable bonds is 45. The maximum atomic E-state index is 14.5. The van der Waals surface area contributed by atoms with Crippen molar-refractivity contribution in [3.05, 3.63) is 18.2 Å². The molecule has 0 aliphatic carbocycles. The minimum absolute atomic E-state index is 0.0171. The van der Waals surface area contributed by atoms with Crippen LogP contribution in [0, 0.1) is 0 Å². The average molecular weight is 1220 g/mol. The van der Waals surface area contributed by atoms with Crippen molar-refractivity contribution in [3.8, 4) is 0 Å². The summed E-state index contributed by atoms with van der Waals surface area (Å²) >= 11 is 0. The van der Waals surface area contributed by atoms with E-state index in [2.05, 4.69) is 62.8 Å². The zero-order chi connectivity index (χ0) is 64.0. The van der Waals surface area contributed by atoms with Crippen LogP contribution in [0.3, 0.4) is 0 Å². The number of aromatic amines is 1. The maximum absolute atomic E-state index is 14.5. The molecule has 10 amide bonds. The molecule has 0 radical (unpaired) electrons. The van der Waals surface area contributed by atoms with Crippen LogP contribution in [0.2, 0.25) is 0 Å². The van der Waals surface area contributed by atoms with Crippen LogP contribution in [-0.2, 0) is 54.4 Å². The Kier molecular flexibility index (Phi) is 37.2. The van der Waals surface area contributed by atoms with Gasteiger partial charge in [0.25, 0.3) is 0 Å². The number of hydrogen-bond donors (Lipinski definition) is 19. The van der Waals surface area contributed by atoms with Gasteiger partial charge in [-0.25, -0.2) is 4.98 Å². The first-order valence-corrected chi connectivity index (χ1v) is 30.0. The number of nitrogens with one attached hydrogen (secondary N) is 10. The lowest BCUT2D eigenvalue weighted by Gasteiger charge is -2.30. The van der Waals surface area contributed by atoms with Crippen LogP contribution < -0.4 is 88.0 Å². The number of aromatic nitrogens is 2. The van der Waals surface area contributed by atoms with Crippen molar-refractivity contribution in [1.82, 2.24) is 62.7 Å². The molecule has 0 saturated carbocycles. The van der Waals surface area contributed by atoms with Crippen LogP contribution in [0.5, 0.6) is 0 Å². The number of hydrogen-bond acceptors (Lipinski definition) is 19. The van der Waals surface area contributed by atoms with Gasteiger partial charge in [0.1, 0.15) is 48.3 Å². The Balaban J connectivity index is 2.34. The van der Waals surface area contributed by atoms with Gasteiger partial charge >= 0.3 is 0 Å². The Labute approximate surface area is 503 Å². The monoisotopic (exact) mass is 1220 g/mol. The van der Waals surface area contributed by atoms with Gasteiger partial charge in [-0.2, -0.15) is 0 Å². The van der Waals surface area contributed by atoms with Gasteiger partial charge in [-0.15, -0.1) is 0 Å². The minimum atomic E-state index is -1.65. The molecular formula is C54H100N20O12. The van der Waals surface area contributed by atoms with Gasteiger partial charge in [0.2, 0.25) is 59.1 Å².